The molecule has 94 valence electrons. The fourth-order valence-corrected chi connectivity index (χ4v) is 2.09. The van der Waals surface area contributed by atoms with E-state index in [-0.39, 0.29) is 6.10 Å². The van der Waals surface area contributed by atoms with Crippen LogP contribution in [0.5, 0.6) is 0 Å². The number of ether oxygens (including phenoxy) is 2. The summed E-state index contributed by atoms with van der Waals surface area (Å²) in [6.45, 7) is 4.86. The summed E-state index contributed by atoms with van der Waals surface area (Å²) < 4.78 is 11.5. The van der Waals surface area contributed by atoms with Crippen LogP contribution >= 0.6 is 0 Å². The predicted octanol–water partition coefficient (Wildman–Crippen LogP) is 3.07. The lowest BCUT2D eigenvalue weighted by Crippen LogP contribution is -2.26. The molecular formula is C13H24O3. The highest BCUT2D eigenvalue weighted by molar-refractivity contribution is 5.49. The second-order valence-corrected chi connectivity index (χ2v) is 4.74. The van der Waals surface area contributed by atoms with E-state index < -0.39 is 5.79 Å². The molecule has 0 spiro atoms. The van der Waals surface area contributed by atoms with E-state index in [9.17, 15) is 4.79 Å². The maximum atomic E-state index is 10.3. The topological polar surface area (TPSA) is 35.5 Å². The molecule has 1 saturated heterocycles. The van der Waals surface area contributed by atoms with Crippen molar-refractivity contribution in [3.8, 4) is 0 Å². The summed E-state index contributed by atoms with van der Waals surface area (Å²) in [6.07, 6.45) is 8.31. The monoisotopic (exact) mass is 228 g/mol. The van der Waals surface area contributed by atoms with Gasteiger partial charge < -0.3 is 14.3 Å². The molecule has 0 N–H and O–H groups in total. The van der Waals surface area contributed by atoms with Crippen LogP contribution in [0, 0.1) is 0 Å². The largest absolute Gasteiger partial charge is 0.348 e. The minimum atomic E-state index is -0.401. The maximum absolute atomic E-state index is 10.3. The van der Waals surface area contributed by atoms with Gasteiger partial charge in [0.1, 0.15) is 6.29 Å². The zero-order valence-corrected chi connectivity index (χ0v) is 10.5. The summed E-state index contributed by atoms with van der Waals surface area (Å²) in [7, 11) is 0. The van der Waals surface area contributed by atoms with E-state index in [4.69, 9.17) is 9.47 Å². The fourth-order valence-electron chi connectivity index (χ4n) is 2.09. The molecule has 3 nitrogen and oxygen atoms in total. The van der Waals surface area contributed by atoms with Gasteiger partial charge in [-0.15, -0.1) is 0 Å². The highest BCUT2D eigenvalue weighted by atomic mass is 16.7. The van der Waals surface area contributed by atoms with Gasteiger partial charge >= 0.3 is 0 Å². The van der Waals surface area contributed by atoms with Gasteiger partial charge in [-0.05, 0) is 19.8 Å². The van der Waals surface area contributed by atoms with Crippen LogP contribution in [0.2, 0.25) is 0 Å². The molecule has 0 bridgehead atoms. The van der Waals surface area contributed by atoms with E-state index >= 15 is 0 Å². The Labute approximate surface area is 98.5 Å². The third kappa shape index (κ3) is 4.62. The van der Waals surface area contributed by atoms with Crippen molar-refractivity contribution in [2.24, 2.45) is 0 Å². The van der Waals surface area contributed by atoms with Gasteiger partial charge in [0.25, 0.3) is 0 Å². The molecule has 3 heteroatoms. The van der Waals surface area contributed by atoms with Crippen molar-refractivity contribution in [1.29, 1.82) is 0 Å². The molecule has 0 radical (unpaired) electrons. The first-order valence-corrected chi connectivity index (χ1v) is 6.45. The molecule has 1 aliphatic heterocycles. The number of hydrogen-bond donors (Lipinski definition) is 0. The van der Waals surface area contributed by atoms with E-state index in [2.05, 4.69) is 6.92 Å². The maximum Gasteiger partial charge on any atom is 0.166 e. The first-order valence-electron chi connectivity index (χ1n) is 6.45. The van der Waals surface area contributed by atoms with Crippen LogP contribution in [0.4, 0.5) is 0 Å². The number of hydrogen-bond acceptors (Lipinski definition) is 3. The van der Waals surface area contributed by atoms with Gasteiger partial charge in [0.2, 0.25) is 0 Å². The van der Waals surface area contributed by atoms with Gasteiger partial charge in [-0.1, -0.05) is 26.2 Å². The summed E-state index contributed by atoms with van der Waals surface area (Å²) in [5.74, 6) is -0.401. The standard InChI is InChI=1S/C13H24O3/c1-3-4-5-6-9-13(2)15-11-12(16-13)8-7-10-14/h10,12H,3-9,11H2,1-2H3. The van der Waals surface area contributed by atoms with Crippen molar-refractivity contribution in [2.45, 2.75) is 70.7 Å². The molecule has 0 amide bonds. The van der Waals surface area contributed by atoms with Crippen LogP contribution in [0.3, 0.4) is 0 Å². The second kappa shape index (κ2) is 7.02. The molecule has 0 aliphatic carbocycles. The van der Waals surface area contributed by atoms with Crippen molar-refractivity contribution in [3.63, 3.8) is 0 Å². The van der Waals surface area contributed by atoms with E-state index in [0.29, 0.717) is 13.0 Å². The van der Waals surface area contributed by atoms with Crippen molar-refractivity contribution < 1.29 is 14.3 Å². The van der Waals surface area contributed by atoms with Crippen LogP contribution < -0.4 is 0 Å². The SMILES string of the molecule is CCCCCCC1(C)OCC(CCC=O)O1. The molecule has 2 atom stereocenters. The molecule has 2 unspecified atom stereocenters. The minimum absolute atomic E-state index is 0.112. The van der Waals surface area contributed by atoms with Crippen LogP contribution in [-0.4, -0.2) is 24.8 Å². The Balaban J connectivity index is 2.18. The highest BCUT2D eigenvalue weighted by Gasteiger charge is 2.36. The van der Waals surface area contributed by atoms with Gasteiger partial charge in [-0.2, -0.15) is 0 Å². The molecule has 1 fully saturated rings. The van der Waals surface area contributed by atoms with E-state index in [1.54, 1.807) is 0 Å². The minimum Gasteiger partial charge on any atom is -0.348 e. The number of carbonyl (C=O) groups is 1. The van der Waals surface area contributed by atoms with Crippen molar-refractivity contribution in [1.82, 2.24) is 0 Å². The lowest BCUT2D eigenvalue weighted by atomic mass is 10.1. The molecule has 0 aromatic rings. The van der Waals surface area contributed by atoms with Crippen LogP contribution in [-0.2, 0) is 14.3 Å². The normalized spacial score (nSPS) is 29.5. The molecule has 16 heavy (non-hydrogen) atoms. The van der Waals surface area contributed by atoms with Gasteiger partial charge in [0, 0.05) is 12.8 Å². The first-order chi connectivity index (χ1) is 7.70. The van der Waals surface area contributed by atoms with E-state index in [0.717, 1.165) is 25.5 Å². The lowest BCUT2D eigenvalue weighted by molar-refractivity contribution is -0.160. The number of aldehydes is 1. The third-order valence-corrected chi connectivity index (χ3v) is 3.08. The Hall–Kier alpha value is -0.410. The molecule has 1 aliphatic rings. The van der Waals surface area contributed by atoms with Crippen LogP contribution in [0.1, 0.15) is 58.8 Å². The van der Waals surface area contributed by atoms with Gasteiger partial charge in [0.05, 0.1) is 12.7 Å². The highest BCUT2D eigenvalue weighted by Crippen LogP contribution is 2.30. The second-order valence-electron chi connectivity index (χ2n) is 4.74. The number of rotatable bonds is 8. The number of carbonyl (C=O) groups excluding carboxylic acids is 1. The third-order valence-electron chi connectivity index (χ3n) is 3.08. The first kappa shape index (κ1) is 13.7. The summed E-state index contributed by atoms with van der Waals surface area (Å²) in [6, 6.07) is 0. The van der Waals surface area contributed by atoms with Crippen molar-refractivity contribution in [3.05, 3.63) is 0 Å². The van der Waals surface area contributed by atoms with Crippen LogP contribution in [0.25, 0.3) is 0 Å². The van der Waals surface area contributed by atoms with Crippen molar-refractivity contribution in [2.75, 3.05) is 6.61 Å². The average Bonchev–Trinajstić information content (AvgIpc) is 2.64. The van der Waals surface area contributed by atoms with Crippen LogP contribution in [0.15, 0.2) is 0 Å². The van der Waals surface area contributed by atoms with E-state index in [1.807, 2.05) is 6.92 Å². The molecule has 0 saturated carbocycles. The molecular weight excluding hydrogens is 204 g/mol. The zero-order valence-electron chi connectivity index (χ0n) is 10.5. The summed E-state index contributed by atoms with van der Waals surface area (Å²) in [4.78, 5) is 10.3. The predicted molar refractivity (Wildman–Crippen MR) is 63.3 cm³/mol. The molecule has 1 rings (SSSR count). The summed E-state index contributed by atoms with van der Waals surface area (Å²) >= 11 is 0. The molecule has 0 aromatic carbocycles. The zero-order chi connectivity index (χ0) is 11.9. The van der Waals surface area contributed by atoms with Gasteiger partial charge in [0.15, 0.2) is 5.79 Å². The van der Waals surface area contributed by atoms with Crippen molar-refractivity contribution >= 4 is 6.29 Å². The van der Waals surface area contributed by atoms with Gasteiger partial charge in [-0.25, -0.2) is 0 Å². The molecule has 1 heterocycles. The average molecular weight is 228 g/mol. The Morgan fingerprint density at radius 1 is 1.38 bits per heavy atom. The Kier molecular flexibility index (Phi) is 5.99. The van der Waals surface area contributed by atoms with E-state index in [1.165, 1.54) is 19.3 Å². The summed E-state index contributed by atoms with van der Waals surface area (Å²) in [5, 5.41) is 0. The Morgan fingerprint density at radius 2 is 2.19 bits per heavy atom. The quantitative estimate of drug-likeness (QED) is 0.473. The Bertz CT molecular complexity index is 205. The smallest absolute Gasteiger partial charge is 0.166 e. The fraction of sp³-hybridized carbons (Fsp3) is 0.923. The number of unbranched alkanes of at least 4 members (excludes halogenated alkanes) is 3. The summed E-state index contributed by atoms with van der Waals surface area (Å²) in [5.41, 5.74) is 0. The molecule has 0 aromatic heterocycles. The lowest BCUT2D eigenvalue weighted by Gasteiger charge is -2.23. The van der Waals surface area contributed by atoms with Gasteiger partial charge in [-0.3, -0.25) is 0 Å². The Morgan fingerprint density at radius 3 is 2.88 bits per heavy atom.